The van der Waals surface area contributed by atoms with Gasteiger partial charge in [-0.1, -0.05) is 115 Å². The molecule has 0 saturated heterocycles. The van der Waals surface area contributed by atoms with Crippen LogP contribution >= 0.6 is 0 Å². The Morgan fingerprint density at radius 2 is 0.935 bits per heavy atom. The smallest absolute Gasteiger partial charge is 0.163 e. The van der Waals surface area contributed by atoms with Crippen molar-refractivity contribution in [3.63, 3.8) is 0 Å². The Labute approximate surface area is 268 Å². The van der Waals surface area contributed by atoms with Crippen LogP contribution < -0.4 is 4.74 Å². The van der Waals surface area contributed by atoms with Crippen molar-refractivity contribution in [2.45, 2.75) is 19.3 Å². The Kier molecular flexibility index (Phi) is 5.81. The lowest BCUT2D eigenvalue weighted by Crippen LogP contribution is -2.32. The molecule has 4 nitrogen and oxygen atoms in total. The molecule has 6 aromatic carbocycles. The number of ether oxygens (including phenoxy) is 1. The molecule has 1 aliphatic carbocycles. The molecule has 218 valence electrons. The number of nitrogens with zero attached hydrogens (tertiary/aromatic N) is 3. The minimum absolute atomic E-state index is 0.503. The molecule has 0 amide bonds. The summed E-state index contributed by atoms with van der Waals surface area (Å²) in [5.74, 6) is 3.93. The summed E-state index contributed by atoms with van der Waals surface area (Å²) in [5.41, 5.74) is 12.5. The van der Waals surface area contributed by atoms with Crippen LogP contribution in [0.1, 0.15) is 33.9 Å². The normalized spacial score (nSPS) is 13.3. The van der Waals surface area contributed by atoms with Gasteiger partial charge in [0.05, 0.1) is 5.41 Å². The SMILES string of the molecule is Cc1nc(C)nc(-c2cccc(-c3ccccc3-c3ccc4c(c3)C3(c5ccccc5Oc5ccccc53)c3ccccc3-4)c2)n1. The van der Waals surface area contributed by atoms with Gasteiger partial charge in [0.1, 0.15) is 23.1 Å². The van der Waals surface area contributed by atoms with E-state index in [2.05, 4.69) is 154 Å². The molecule has 0 atom stereocenters. The second kappa shape index (κ2) is 10.1. The highest BCUT2D eigenvalue weighted by Crippen LogP contribution is 2.62. The monoisotopic (exact) mass is 591 g/mol. The van der Waals surface area contributed by atoms with Gasteiger partial charge in [-0.15, -0.1) is 0 Å². The van der Waals surface area contributed by atoms with Crippen molar-refractivity contribution < 1.29 is 4.74 Å². The van der Waals surface area contributed by atoms with E-state index in [1.165, 1.54) is 44.5 Å². The molecular formula is C42H29N3O. The van der Waals surface area contributed by atoms with Crippen LogP contribution in [-0.4, -0.2) is 15.0 Å². The maximum Gasteiger partial charge on any atom is 0.163 e. The predicted molar refractivity (Wildman–Crippen MR) is 183 cm³/mol. The molecule has 2 heterocycles. The summed E-state index contributed by atoms with van der Waals surface area (Å²) in [7, 11) is 0. The molecule has 2 aliphatic rings. The summed E-state index contributed by atoms with van der Waals surface area (Å²) >= 11 is 0. The van der Waals surface area contributed by atoms with Gasteiger partial charge in [0.15, 0.2) is 5.82 Å². The van der Waals surface area contributed by atoms with Crippen LogP contribution in [0.4, 0.5) is 0 Å². The Hall–Kier alpha value is -5.87. The highest BCUT2D eigenvalue weighted by atomic mass is 16.5. The van der Waals surface area contributed by atoms with E-state index in [4.69, 9.17) is 4.74 Å². The molecule has 46 heavy (non-hydrogen) atoms. The van der Waals surface area contributed by atoms with Gasteiger partial charge in [-0.05, 0) is 82.6 Å². The van der Waals surface area contributed by atoms with Crippen LogP contribution in [0.25, 0.3) is 44.8 Å². The fourth-order valence-corrected chi connectivity index (χ4v) is 7.58. The molecule has 0 unspecified atom stereocenters. The lowest BCUT2D eigenvalue weighted by atomic mass is 9.66. The average Bonchev–Trinajstić information content (AvgIpc) is 3.38. The van der Waals surface area contributed by atoms with Gasteiger partial charge >= 0.3 is 0 Å². The molecule has 9 rings (SSSR count). The van der Waals surface area contributed by atoms with Crippen molar-refractivity contribution in [3.8, 4) is 56.3 Å². The van der Waals surface area contributed by atoms with Crippen LogP contribution in [0.5, 0.6) is 11.5 Å². The van der Waals surface area contributed by atoms with Gasteiger partial charge < -0.3 is 4.74 Å². The summed E-state index contributed by atoms with van der Waals surface area (Å²) < 4.78 is 6.53. The molecule has 0 bridgehead atoms. The third kappa shape index (κ3) is 3.83. The van der Waals surface area contributed by atoms with Crippen molar-refractivity contribution in [1.29, 1.82) is 0 Å². The molecule has 1 aromatic heterocycles. The van der Waals surface area contributed by atoms with E-state index >= 15 is 0 Å². The first-order valence-electron chi connectivity index (χ1n) is 15.6. The highest BCUT2D eigenvalue weighted by molar-refractivity contribution is 5.92. The molecule has 0 radical (unpaired) electrons. The zero-order chi connectivity index (χ0) is 30.8. The minimum atomic E-state index is -0.503. The fourth-order valence-electron chi connectivity index (χ4n) is 7.58. The molecule has 1 spiro atoms. The number of benzene rings is 6. The number of hydrogen-bond acceptors (Lipinski definition) is 4. The molecule has 4 heteroatoms. The van der Waals surface area contributed by atoms with E-state index in [9.17, 15) is 0 Å². The molecule has 0 N–H and O–H groups in total. The summed E-state index contributed by atoms with van der Waals surface area (Å²) in [6.07, 6.45) is 0. The van der Waals surface area contributed by atoms with Gasteiger partial charge in [-0.2, -0.15) is 0 Å². The van der Waals surface area contributed by atoms with Crippen molar-refractivity contribution in [3.05, 3.63) is 173 Å². The first-order chi connectivity index (χ1) is 22.6. The van der Waals surface area contributed by atoms with Crippen LogP contribution in [0.2, 0.25) is 0 Å². The Morgan fingerprint density at radius 1 is 0.413 bits per heavy atom. The predicted octanol–water partition coefficient (Wildman–Crippen LogP) is 9.96. The summed E-state index contributed by atoms with van der Waals surface area (Å²) in [4.78, 5) is 13.6. The lowest BCUT2D eigenvalue weighted by Gasteiger charge is -2.39. The first kappa shape index (κ1) is 26.5. The summed E-state index contributed by atoms with van der Waals surface area (Å²) in [5, 5.41) is 0. The van der Waals surface area contributed by atoms with Gasteiger partial charge in [0, 0.05) is 16.7 Å². The number of rotatable bonds is 3. The van der Waals surface area contributed by atoms with Crippen LogP contribution in [-0.2, 0) is 5.41 Å². The Morgan fingerprint density at radius 3 is 1.61 bits per heavy atom. The summed E-state index contributed by atoms with van der Waals surface area (Å²) in [6, 6.07) is 50.0. The quantitative estimate of drug-likeness (QED) is 0.205. The number of aryl methyl sites for hydroxylation is 2. The van der Waals surface area contributed by atoms with E-state index in [0.717, 1.165) is 39.8 Å². The third-order valence-corrected chi connectivity index (χ3v) is 9.38. The van der Waals surface area contributed by atoms with Crippen molar-refractivity contribution in [2.24, 2.45) is 0 Å². The summed E-state index contributed by atoms with van der Waals surface area (Å²) in [6.45, 7) is 3.82. The molecule has 7 aromatic rings. The topological polar surface area (TPSA) is 47.9 Å². The molecule has 0 saturated carbocycles. The van der Waals surface area contributed by atoms with E-state index in [-0.39, 0.29) is 0 Å². The molecular weight excluding hydrogens is 562 g/mol. The molecule has 0 fully saturated rings. The zero-order valence-corrected chi connectivity index (χ0v) is 25.5. The maximum absolute atomic E-state index is 6.53. The average molecular weight is 592 g/mol. The number of aromatic nitrogens is 3. The number of fused-ring (bicyclic) bond motifs is 9. The molecule has 1 aliphatic heterocycles. The highest BCUT2D eigenvalue weighted by Gasteiger charge is 2.51. The van der Waals surface area contributed by atoms with Gasteiger partial charge in [-0.25, -0.2) is 15.0 Å². The minimum Gasteiger partial charge on any atom is -0.457 e. The zero-order valence-electron chi connectivity index (χ0n) is 25.5. The number of hydrogen-bond donors (Lipinski definition) is 0. The van der Waals surface area contributed by atoms with E-state index < -0.39 is 5.41 Å². The van der Waals surface area contributed by atoms with Gasteiger partial charge in [0.2, 0.25) is 0 Å². The second-order valence-corrected chi connectivity index (χ2v) is 12.0. The first-order valence-corrected chi connectivity index (χ1v) is 15.6. The lowest BCUT2D eigenvalue weighted by molar-refractivity contribution is 0.436. The van der Waals surface area contributed by atoms with Crippen molar-refractivity contribution in [1.82, 2.24) is 15.0 Å². The van der Waals surface area contributed by atoms with Gasteiger partial charge in [0.25, 0.3) is 0 Å². The van der Waals surface area contributed by atoms with E-state index in [0.29, 0.717) is 5.82 Å². The van der Waals surface area contributed by atoms with E-state index in [1.807, 2.05) is 13.8 Å². The third-order valence-electron chi connectivity index (χ3n) is 9.38. The van der Waals surface area contributed by atoms with Gasteiger partial charge in [-0.3, -0.25) is 0 Å². The van der Waals surface area contributed by atoms with Crippen molar-refractivity contribution in [2.75, 3.05) is 0 Å². The Bertz CT molecular complexity index is 2270. The number of para-hydroxylation sites is 2. The van der Waals surface area contributed by atoms with Crippen molar-refractivity contribution >= 4 is 0 Å². The van der Waals surface area contributed by atoms with Crippen LogP contribution in [0.15, 0.2) is 140 Å². The standard InChI is InChI=1S/C42H29N3O/c1-26-43-27(2)45-41(44-26)30-13-11-12-28(24-30)31-14-3-4-15-32(31)29-22-23-34-33-16-5-6-17-35(33)42(38(34)25-29)36-18-7-9-20-39(36)46-40-21-10-8-19-37(40)42/h3-25H,1-2H3. The largest absolute Gasteiger partial charge is 0.457 e. The van der Waals surface area contributed by atoms with E-state index in [1.54, 1.807) is 0 Å². The fraction of sp³-hybridized carbons (Fsp3) is 0.0714. The maximum atomic E-state index is 6.53. The second-order valence-electron chi connectivity index (χ2n) is 12.0. The van der Waals surface area contributed by atoms with Crippen LogP contribution in [0, 0.1) is 13.8 Å². The van der Waals surface area contributed by atoms with Crippen LogP contribution in [0.3, 0.4) is 0 Å². The Balaban J connectivity index is 1.27.